The van der Waals surface area contributed by atoms with Crippen molar-refractivity contribution in [2.75, 3.05) is 38.5 Å². The summed E-state index contributed by atoms with van der Waals surface area (Å²) in [6.45, 7) is 9.48. The van der Waals surface area contributed by atoms with Gasteiger partial charge in [-0.1, -0.05) is 19.1 Å². The molecule has 4 rings (SSSR count). The van der Waals surface area contributed by atoms with Crippen LogP contribution in [0, 0.1) is 23.2 Å². The van der Waals surface area contributed by atoms with Crippen molar-refractivity contribution >= 4 is 52.7 Å². The minimum Gasteiger partial charge on any atom is -0.444 e. The zero-order valence-electron chi connectivity index (χ0n) is 28.9. The number of likely N-dealkylation sites (tertiary alicyclic amines) is 1. The summed E-state index contributed by atoms with van der Waals surface area (Å²) in [5, 5.41) is 18.1. The predicted octanol–water partition coefficient (Wildman–Crippen LogP) is 4.22. The van der Waals surface area contributed by atoms with Crippen molar-refractivity contribution in [2.24, 2.45) is 11.8 Å². The van der Waals surface area contributed by atoms with Crippen LogP contribution in [0.2, 0.25) is 0 Å². The number of aromatic nitrogens is 3. The second-order valence-electron chi connectivity index (χ2n) is 13.2. The van der Waals surface area contributed by atoms with E-state index in [1.807, 2.05) is 68.9 Å². The zero-order valence-corrected chi connectivity index (χ0v) is 28.9. The van der Waals surface area contributed by atoms with Gasteiger partial charge in [0.2, 0.25) is 18.1 Å². The maximum atomic E-state index is 13.0. The van der Waals surface area contributed by atoms with Crippen LogP contribution in [-0.2, 0) is 20.7 Å². The molecule has 2 aromatic heterocycles. The topological polar surface area (TPSA) is 174 Å². The number of amides is 4. The lowest BCUT2D eigenvalue weighted by Crippen LogP contribution is -2.44. The second kappa shape index (κ2) is 16.7. The molecule has 1 fully saturated rings. The third-order valence-corrected chi connectivity index (χ3v) is 8.20. The van der Waals surface area contributed by atoms with E-state index in [2.05, 4.69) is 32.8 Å². The van der Waals surface area contributed by atoms with Crippen LogP contribution in [0.1, 0.15) is 58.9 Å². The van der Waals surface area contributed by atoms with Gasteiger partial charge in [0.15, 0.2) is 5.65 Å². The van der Waals surface area contributed by atoms with Gasteiger partial charge >= 0.3 is 17.9 Å². The van der Waals surface area contributed by atoms with Crippen molar-refractivity contribution in [3.63, 3.8) is 0 Å². The number of fused-ring (bicyclic) bond motifs is 1. The summed E-state index contributed by atoms with van der Waals surface area (Å²) in [4.78, 5) is 60.2. The molecule has 3 aromatic rings. The number of nitriles is 1. The number of benzene rings is 1. The molecule has 3 N–H and O–H groups in total. The van der Waals surface area contributed by atoms with Gasteiger partial charge < -0.3 is 25.6 Å². The van der Waals surface area contributed by atoms with E-state index in [0.29, 0.717) is 67.5 Å². The Bertz CT molecular complexity index is 1720. The number of rotatable bonds is 11. The molecule has 1 unspecified atom stereocenters. The van der Waals surface area contributed by atoms with Gasteiger partial charge in [0.1, 0.15) is 17.4 Å². The Balaban J connectivity index is 1.24. The lowest BCUT2D eigenvalue weighted by atomic mass is 9.87. The van der Waals surface area contributed by atoms with Gasteiger partial charge in [-0.25, -0.2) is 14.2 Å². The Morgan fingerprint density at radius 2 is 1.86 bits per heavy atom. The molecule has 1 saturated heterocycles. The average molecular weight is 673 g/mol. The van der Waals surface area contributed by atoms with Crippen molar-refractivity contribution in [1.82, 2.24) is 30.1 Å². The van der Waals surface area contributed by atoms with Gasteiger partial charge in [0.05, 0.1) is 19.3 Å². The fourth-order valence-electron chi connectivity index (χ4n) is 5.57. The highest BCUT2D eigenvalue weighted by Gasteiger charge is 2.30. The molecule has 1 aromatic carbocycles. The van der Waals surface area contributed by atoms with E-state index in [-0.39, 0.29) is 36.6 Å². The van der Waals surface area contributed by atoms with E-state index in [0.717, 1.165) is 12.0 Å². The van der Waals surface area contributed by atoms with Crippen molar-refractivity contribution in [3.05, 3.63) is 48.4 Å². The standard InChI is InChI=1S/C35H45N9O5/c1-24-14-19-43(30(46)12-16-36)22-26(24)21-42(5)31-28-15-20-44(32(28)40-23-39-31)33(47)37-17-6-7-29(45)41-27-10-8-25(9-11-27)13-18-38-34(48)49-35(2,3)4/h8-11,15,20-21,23-24,26H,6-7,12-14,17-19,22H2,1-5H3,(H2-,37,38,41,45,47,48)/p+1/t24-,26?/m1/s1. The second-order valence-corrected chi connectivity index (χ2v) is 13.2. The highest BCUT2D eigenvalue weighted by atomic mass is 16.6. The molecule has 4 amide bonds. The fourth-order valence-corrected chi connectivity index (χ4v) is 5.57. The summed E-state index contributed by atoms with van der Waals surface area (Å²) in [6, 6.07) is 10.8. The third-order valence-electron chi connectivity index (χ3n) is 8.20. The van der Waals surface area contributed by atoms with Crippen molar-refractivity contribution < 1.29 is 28.5 Å². The lowest BCUT2D eigenvalue weighted by molar-refractivity contribution is -0.405. The minimum atomic E-state index is -0.548. The summed E-state index contributed by atoms with van der Waals surface area (Å²) in [7, 11) is 1.88. The molecule has 1 aliphatic rings. The molecular weight excluding hydrogens is 626 g/mol. The van der Waals surface area contributed by atoms with Gasteiger partial charge in [0, 0.05) is 50.4 Å². The number of alkyl carbamates (subject to hydrolysis) is 1. The summed E-state index contributed by atoms with van der Waals surface area (Å²) in [6.07, 6.45) is 6.65. The number of hydrogen-bond acceptors (Lipinski definition) is 8. The highest BCUT2D eigenvalue weighted by Crippen LogP contribution is 2.25. The van der Waals surface area contributed by atoms with Crippen LogP contribution in [0.3, 0.4) is 0 Å². The largest absolute Gasteiger partial charge is 0.444 e. The van der Waals surface area contributed by atoms with Crippen LogP contribution >= 0.6 is 0 Å². The Hall–Kier alpha value is -5.32. The molecular formula is C35H46N9O5+. The quantitative estimate of drug-likeness (QED) is 0.154. The van der Waals surface area contributed by atoms with E-state index in [9.17, 15) is 19.2 Å². The molecule has 14 heteroatoms. The summed E-state index contributed by atoms with van der Waals surface area (Å²) < 4.78 is 8.56. The first-order chi connectivity index (χ1) is 23.3. The first-order valence-electron chi connectivity index (χ1n) is 16.5. The van der Waals surface area contributed by atoms with E-state index >= 15 is 0 Å². The molecule has 0 spiro atoms. The highest BCUT2D eigenvalue weighted by molar-refractivity contribution is 5.93. The molecule has 260 valence electrons. The van der Waals surface area contributed by atoms with E-state index < -0.39 is 11.7 Å². The normalized spacial score (nSPS) is 16.5. The van der Waals surface area contributed by atoms with Crippen LogP contribution in [0.4, 0.5) is 21.1 Å². The van der Waals surface area contributed by atoms with Crippen LogP contribution in [0.25, 0.3) is 11.0 Å². The van der Waals surface area contributed by atoms with Gasteiger partial charge in [-0.05, 0) is 74.7 Å². The minimum absolute atomic E-state index is 0.0770. The molecule has 0 aliphatic carbocycles. The van der Waals surface area contributed by atoms with Crippen LogP contribution in [0.15, 0.2) is 42.9 Å². The number of ether oxygens (including phenoxy) is 1. The van der Waals surface area contributed by atoms with E-state index in [4.69, 9.17) is 10.00 Å². The summed E-state index contributed by atoms with van der Waals surface area (Å²) in [5.41, 5.74) is 1.57. The van der Waals surface area contributed by atoms with Crippen LogP contribution < -0.4 is 16.0 Å². The summed E-state index contributed by atoms with van der Waals surface area (Å²) in [5.74, 6) is 0.730. The van der Waals surface area contributed by atoms with Crippen molar-refractivity contribution in [1.29, 1.82) is 5.26 Å². The smallest absolute Gasteiger partial charge is 0.407 e. The Morgan fingerprint density at radius 3 is 2.57 bits per heavy atom. The zero-order chi connectivity index (χ0) is 35.6. The van der Waals surface area contributed by atoms with Gasteiger partial charge in [-0.2, -0.15) is 10.2 Å². The van der Waals surface area contributed by atoms with Gasteiger partial charge in [0.25, 0.3) is 0 Å². The number of carbonyl (C=O) groups is 4. The van der Waals surface area contributed by atoms with Crippen molar-refractivity contribution in [2.45, 2.75) is 65.4 Å². The Kier molecular flexibility index (Phi) is 12.4. The molecule has 0 bridgehead atoms. The van der Waals surface area contributed by atoms with Gasteiger partial charge in [-0.15, -0.1) is 0 Å². The number of nitrogens with one attached hydrogen (secondary N) is 3. The maximum absolute atomic E-state index is 13.0. The molecule has 3 heterocycles. The fraction of sp³-hybridized carbons (Fsp3) is 0.486. The van der Waals surface area contributed by atoms with E-state index in [1.54, 1.807) is 17.2 Å². The first-order valence-corrected chi connectivity index (χ1v) is 16.5. The van der Waals surface area contributed by atoms with Crippen LogP contribution in [-0.4, -0.2) is 93.0 Å². The molecule has 49 heavy (non-hydrogen) atoms. The molecule has 2 atom stereocenters. The van der Waals surface area contributed by atoms with Crippen LogP contribution in [0.5, 0.6) is 0 Å². The number of piperidine rings is 1. The molecule has 0 saturated carbocycles. The monoisotopic (exact) mass is 672 g/mol. The third kappa shape index (κ3) is 10.6. The summed E-state index contributed by atoms with van der Waals surface area (Å²) >= 11 is 0. The Morgan fingerprint density at radius 1 is 1.10 bits per heavy atom. The number of anilines is 1. The van der Waals surface area contributed by atoms with Gasteiger partial charge in [-0.3, -0.25) is 14.2 Å². The molecule has 1 aliphatic heterocycles. The lowest BCUT2D eigenvalue weighted by Gasteiger charge is -2.34. The average Bonchev–Trinajstić information content (AvgIpc) is 3.49. The number of carbonyl (C=O) groups excluding carboxylic acids is 4. The molecule has 14 nitrogen and oxygen atoms in total. The van der Waals surface area contributed by atoms with Crippen molar-refractivity contribution in [3.8, 4) is 6.07 Å². The first kappa shape index (κ1) is 36.5. The Labute approximate surface area is 286 Å². The maximum Gasteiger partial charge on any atom is 0.407 e. The van der Waals surface area contributed by atoms with E-state index in [1.165, 1.54) is 10.9 Å². The SMILES string of the molecule is C[C@@H]1CCN(C(=O)CC#N)CC1C=[N+](C)c1ncnc2c1ccn2C(=O)NCCCC(=O)Nc1ccc(CCNC(=O)OC(C)(C)C)cc1. The number of nitrogens with zero attached hydrogens (tertiary/aromatic N) is 6. The predicted molar refractivity (Wildman–Crippen MR) is 185 cm³/mol. The number of hydrogen-bond donors (Lipinski definition) is 3. The molecule has 0 radical (unpaired) electrons.